The van der Waals surface area contributed by atoms with E-state index in [0.29, 0.717) is 13.2 Å². The van der Waals surface area contributed by atoms with Gasteiger partial charge in [0.15, 0.2) is 17.5 Å². The minimum atomic E-state index is 0. The normalized spacial score (nSPS) is 10.7. The van der Waals surface area contributed by atoms with Crippen molar-refractivity contribution < 1.29 is 9.47 Å². The number of halogens is 1. The summed E-state index contributed by atoms with van der Waals surface area (Å²) in [5.74, 6) is 3.41. The number of ether oxygens (including phenoxy) is 2. The van der Waals surface area contributed by atoms with Crippen molar-refractivity contribution in [2.24, 2.45) is 4.99 Å². The Morgan fingerprint density at radius 1 is 1.26 bits per heavy atom. The number of nitrogens with zero attached hydrogens (tertiary/aromatic N) is 1. The molecular weight excluding hydrogens is 425 g/mol. The summed E-state index contributed by atoms with van der Waals surface area (Å²) in [6.07, 6.45) is 3.07. The molecule has 0 bridgehead atoms. The molecule has 0 radical (unpaired) electrons. The Morgan fingerprint density at radius 3 is 2.65 bits per heavy atom. The molecule has 5 nitrogen and oxygen atoms in total. The lowest BCUT2D eigenvalue weighted by Crippen LogP contribution is -2.37. The lowest BCUT2D eigenvalue weighted by molar-refractivity contribution is 0.294. The van der Waals surface area contributed by atoms with Crippen LogP contribution in [0, 0.1) is 0 Å². The van der Waals surface area contributed by atoms with Gasteiger partial charge >= 0.3 is 0 Å². The fourth-order valence-electron chi connectivity index (χ4n) is 1.83. The topological polar surface area (TPSA) is 54.9 Å². The molecule has 0 saturated carbocycles. The van der Waals surface area contributed by atoms with Gasteiger partial charge in [0.05, 0.1) is 13.7 Å². The highest BCUT2D eigenvalue weighted by molar-refractivity contribution is 14.0. The number of thioether (sulfide) groups is 1. The highest BCUT2D eigenvalue weighted by atomic mass is 127. The number of rotatable bonds is 9. The number of hydrogen-bond donors (Lipinski definition) is 2. The third-order valence-corrected chi connectivity index (χ3v) is 3.58. The van der Waals surface area contributed by atoms with E-state index < -0.39 is 0 Å². The minimum Gasteiger partial charge on any atom is -0.493 e. The highest BCUT2D eigenvalue weighted by Gasteiger charge is 2.06. The molecule has 0 unspecified atom stereocenters. The number of methoxy groups -OCH3 is 1. The Balaban J connectivity index is 0.00000484. The van der Waals surface area contributed by atoms with Crippen LogP contribution < -0.4 is 20.1 Å². The van der Waals surface area contributed by atoms with Crippen molar-refractivity contribution in [2.75, 3.05) is 39.3 Å². The van der Waals surface area contributed by atoms with Crippen molar-refractivity contribution in [1.29, 1.82) is 0 Å². The SMILES string of the molecule is CCCOc1ccc(CNC(=NC)NCCSC)cc1OC.I. The molecule has 0 spiro atoms. The van der Waals surface area contributed by atoms with Gasteiger partial charge in [0.25, 0.3) is 0 Å². The zero-order chi connectivity index (χ0) is 16.2. The van der Waals surface area contributed by atoms with Crippen LogP contribution in [0.1, 0.15) is 18.9 Å². The fraction of sp³-hybridized carbons (Fsp3) is 0.562. The molecule has 132 valence electrons. The highest BCUT2D eigenvalue weighted by Crippen LogP contribution is 2.28. The van der Waals surface area contributed by atoms with E-state index in [1.165, 1.54) is 0 Å². The van der Waals surface area contributed by atoms with Crippen LogP contribution in [0.3, 0.4) is 0 Å². The van der Waals surface area contributed by atoms with E-state index >= 15 is 0 Å². The lowest BCUT2D eigenvalue weighted by Gasteiger charge is -2.14. The monoisotopic (exact) mass is 453 g/mol. The number of guanidine groups is 1. The molecule has 0 aliphatic carbocycles. The number of hydrogen-bond acceptors (Lipinski definition) is 4. The second kappa shape index (κ2) is 13.6. The third kappa shape index (κ3) is 8.55. The van der Waals surface area contributed by atoms with Crippen LogP contribution in [0.15, 0.2) is 23.2 Å². The predicted octanol–water partition coefficient (Wildman–Crippen LogP) is 3.13. The van der Waals surface area contributed by atoms with E-state index in [2.05, 4.69) is 28.8 Å². The zero-order valence-electron chi connectivity index (χ0n) is 14.3. The van der Waals surface area contributed by atoms with E-state index in [4.69, 9.17) is 9.47 Å². The Kier molecular flexibility index (Phi) is 13.1. The van der Waals surface area contributed by atoms with Gasteiger partial charge in [-0.25, -0.2) is 0 Å². The van der Waals surface area contributed by atoms with Gasteiger partial charge in [0.2, 0.25) is 0 Å². The third-order valence-electron chi connectivity index (χ3n) is 2.97. The lowest BCUT2D eigenvalue weighted by atomic mass is 10.2. The first kappa shape index (κ1) is 22.2. The maximum Gasteiger partial charge on any atom is 0.191 e. The molecule has 0 atom stereocenters. The molecule has 0 aliphatic rings. The molecule has 1 aromatic carbocycles. The zero-order valence-corrected chi connectivity index (χ0v) is 17.5. The number of nitrogens with one attached hydrogen (secondary N) is 2. The van der Waals surface area contributed by atoms with Crippen LogP contribution >= 0.6 is 35.7 Å². The second-order valence-electron chi connectivity index (χ2n) is 4.68. The Morgan fingerprint density at radius 2 is 2.04 bits per heavy atom. The maximum absolute atomic E-state index is 5.66. The Bertz CT molecular complexity index is 473. The van der Waals surface area contributed by atoms with Gasteiger partial charge in [-0.15, -0.1) is 24.0 Å². The average molecular weight is 453 g/mol. The first-order valence-corrected chi connectivity index (χ1v) is 8.87. The maximum atomic E-state index is 5.66. The number of aliphatic imine (C=N–C) groups is 1. The van der Waals surface area contributed by atoms with Gasteiger partial charge in [-0.1, -0.05) is 13.0 Å². The largest absolute Gasteiger partial charge is 0.493 e. The summed E-state index contributed by atoms with van der Waals surface area (Å²) in [4.78, 5) is 4.20. The van der Waals surface area contributed by atoms with Crippen LogP contribution in [0.25, 0.3) is 0 Å². The molecule has 2 N–H and O–H groups in total. The summed E-state index contributed by atoms with van der Waals surface area (Å²) in [6, 6.07) is 5.98. The van der Waals surface area contributed by atoms with Crippen LogP contribution in [0.4, 0.5) is 0 Å². The van der Waals surface area contributed by atoms with Crippen LogP contribution in [0.2, 0.25) is 0 Å². The van der Waals surface area contributed by atoms with E-state index in [0.717, 1.165) is 41.7 Å². The van der Waals surface area contributed by atoms with Crippen LogP contribution in [-0.2, 0) is 6.54 Å². The summed E-state index contributed by atoms with van der Waals surface area (Å²) in [6.45, 7) is 4.36. The molecular formula is C16H28IN3O2S. The molecule has 0 heterocycles. The average Bonchev–Trinajstić information content (AvgIpc) is 2.56. The van der Waals surface area contributed by atoms with Crippen molar-refractivity contribution in [3.05, 3.63) is 23.8 Å². The first-order valence-electron chi connectivity index (χ1n) is 7.48. The smallest absolute Gasteiger partial charge is 0.191 e. The van der Waals surface area contributed by atoms with Crippen molar-refractivity contribution in [2.45, 2.75) is 19.9 Å². The number of benzene rings is 1. The quantitative estimate of drug-likeness (QED) is 0.261. The molecule has 23 heavy (non-hydrogen) atoms. The molecule has 0 aromatic heterocycles. The molecule has 0 amide bonds. The van der Waals surface area contributed by atoms with E-state index in [9.17, 15) is 0 Å². The molecule has 7 heteroatoms. The van der Waals surface area contributed by atoms with Gasteiger partial charge in [0, 0.05) is 25.9 Å². The summed E-state index contributed by atoms with van der Waals surface area (Å²) in [5.41, 5.74) is 1.12. The molecule has 1 rings (SSSR count). The van der Waals surface area contributed by atoms with Gasteiger partial charge in [-0.2, -0.15) is 11.8 Å². The molecule has 0 fully saturated rings. The Labute approximate surface area is 161 Å². The van der Waals surface area contributed by atoms with E-state index in [1.807, 2.05) is 18.2 Å². The van der Waals surface area contributed by atoms with Crippen LogP contribution in [-0.4, -0.2) is 45.3 Å². The second-order valence-corrected chi connectivity index (χ2v) is 5.66. The summed E-state index contributed by atoms with van der Waals surface area (Å²) < 4.78 is 11.1. The van der Waals surface area contributed by atoms with Gasteiger partial charge in [0.1, 0.15) is 0 Å². The van der Waals surface area contributed by atoms with Crippen molar-refractivity contribution in [3.8, 4) is 11.5 Å². The summed E-state index contributed by atoms with van der Waals surface area (Å²) in [7, 11) is 3.44. The fourth-order valence-corrected chi connectivity index (χ4v) is 2.14. The van der Waals surface area contributed by atoms with Crippen molar-refractivity contribution in [3.63, 3.8) is 0 Å². The standard InChI is InChI=1S/C16H27N3O2S.HI/c1-5-9-21-14-7-6-13(11-15(14)20-3)12-19-16(17-2)18-8-10-22-4;/h6-7,11H,5,8-10,12H2,1-4H3,(H2,17,18,19);1H. The first-order chi connectivity index (χ1) is 10.7. The van der Waals surface area contributed by atoms with Gasteiger partial charge in [-0.05, 0) is 30.4 Å². The molecule has 0 saturated heterocycles. The summed E-state index contributed by atoms with van der Waals surface area (Å²) >= 11 is 1.81. The van der Waals surface area contributed by atoms with Gasteiger partial charge in [-0.3, -0.25) is 4.99 Å². The van der Waals surface area contributed by atoms with Crippen molar-refractivity contribution >= 4 is 41.7 Å². The summed E-state index contributed by atoms with van der Waals surface area (Å²) in [5, 5.41) is 6.56. The van der Waals surface area contributed by atoms with Crippen LogP contribution in [0.5, 0.6) is 11.5 Å². The predicted molar refractivity (Wildman–Crippen MR) is 111 cm³/mol. The van der Waals surface area contributed by atoms with E-state index in [-0.39, 0.29) is 24.0 Å². The molecule has 1 aromatic rings. The minimum absolute atomic E-state index is 0. The van der Waals surface area contributed by atoms with E-state index in [1.54, 1.807) is 25.9 Å². The Hall–Kier alpha value is -0.830. The molecule has 0 aliphatic heterocycles. The van der Waals surface area contributed by atoms with Gasteiger partial charge < -0.3 is 20.1 Å². The van der Waals surface area contributed by atoms with Crippen molar-refractivity contribution in [1.82, 2.24) is 10.6 Å².